The van der Waals surface area contributed by atoms with Crippen LogP contribution in [-0.4, -0.2) is 56.6 Å². The Labute approximate surface area is 207 Å². The van der Waals surface area contributed by atoms with Crippen molar-refractivity contribution in [3.05, 3.63) is 77.9 Å². The molecule has 1 heterocycles. The largest absolute Gasteiger partial charge is 0.573 e. The third-order valence-electron chi connectivity index (χ3n) is 5.87. The Morgan fingerprint density at radius 1 is 0.972 bits per heavy atom. The molecule has 0 aromatic heterocycles. The molecule has 1 amide bonds. The topological polar surface area (TPSA) is 60.0 Å². The van der Waals surface area contributed by atoms with Crippen LogP contribution in [0.4, 0.5) is 18.9 Å². The first-order chi connectivity index (χ1) is 17.3. The van der Waals surface area contributed by atoms with Crippen LogP contribution in [0.5, 0.6) is 11.5 Å². The molecule has 0 aliphatic carbocycles. The number of nitrogens with zero attached hydrogens (tertiary/aromatic N) is 1. The minimum Gasteiger partial charge on any atom is -0.492 e. The lowest BCUT2D eigenvalue weighted by Crippen LogP contribution is -2.38. The van der Waals surface area contributed by atoms with E-state index in [0.29, 0.717) is 29.0 Å². The molecule has 9 heteroatoms. The number of benzene rings is 3. The molecular weight excluding hydrogens is 473 g/mol. The highest BCUT2D eigenvalue weighted by molar-refractivity contribution is 6.06. The summed E-state index contributed by atoms with van der Waals surface area (Å²) in [5.74, 6) is 0.135. The number of carbonyl (C=O) groups excluding carboxylic acids is 1. The van der Waals surface area contributed by atoms with Gasteiger partial charge in [0.2, 0.25) is 0 Å². The van der Waals surface area contributed by atoms with Gasteiger partial charge in [-0.15, -0.1) is 13.2 Å². The fourth-order valence-electron chi connectivity index (χ4n) is 3.98. The van der Waals surface area contributed by atoms with Crippen molar-refractivity contribution in [2.75, 3.05) is 44.8 Å². The predicted octanol–water partition coefficient (Wildman–Crippen LogP) is 5.52. The van der Waals surface area contributed by atoms with Gasteiger partial charge in [-0.05, 0) is 66.1 Å². The SMILES string of the molecule is Cc1c(C(=O)Nc2ccc(OCCN3CCOCC3)cc2)cccc1-c1ccc(OC(F)(F)F)cc1. The summed E-state index contributed by atoms with van der Waals surface area (Å²) >= 11 is 0. The summed E-state index contributed by atoms with van der Waals surface area (Å²) in [6.45, 7) is 6.52. The number of nitrogens with one attached hydrogen (secondary N) is 1. The number of rotatable bonds is 8. The van der Waals surface area contributed by atoms with Gasteiger partial charge in [0.25, 0.3) is 5.91 Å². The first kappa shape index (κ1) is 25.5. The monoisotopic (exact) mass is 500 g/mol. The summed E-state index contributed by atoms with van der Waals surface area (Å²) in [5, 5.41) is 2.89. The zero-order valence-corrected chi connectivity index (χ0v) is 19.8. The summed E-state index contributed by atoms with van der Waals surface area (Å²) in [6.07, 6.45) is -4.75. The van der Waals surface area contributed by atoms with E-state index in [1.165, 1.54) is 24.3 Å². The van der Waals surface area contributed by atoms with Gasteiger partial charge in [-0.2, -0.15) is 0 Å². The van der Waals surface area contributed by atoms with Crippen molar-refractivity contribution in [1.29, 1.82) is 0 Å². The van der Waals surface area contributed by atoms with E-state index in [-0.39, 0.29) is 11.7 Å². The number of ether oxygens (including phenoxy) is 3. The molecule has 3 aromatic carbocycles. The van der Waals surface area contributed by atoms with Crippen LogP contribution in [0.3, 0.4) is 0 Å². The maximum absolute atomic E-state index is 13.0. The average molecular weight is 501 g/mol. The zero-order valence-electron chi connectivity index (χ0n) is 19.8. The first-order valence-electron chi connectivity index (χ1n) is 11.6. The number of hydrogen-bond acceptors (Lipinski definition) is 5. The molecule has 0 radical (unpaired) electrons. The van der Waals surface area contributed by atoms with Crippen LogP contribution in [0, 0.1) is 6.92 Å². The van der Waals surface area contributed by atoms with Gasteiger partial charge in [0.1, 0.15) is 18.1 Å². The highest BCUT2D eigenvalue weighted by atomic mass is 19.4. The number of halogens is 3. The fraction of sp³-hybridized carbons (Fsp3) is 0.296. The maximum Gasteiger partial charge on any atom is 0.573 e. The molecular formula is C27H27F3N2O4. The molecule has 6 nitrogen and oxygen atoms in total. The van der Waals surface area contributed by atoms with Gasteiger partial charge in [0, 0.05) is 30.9 Å². The second-order valence-corrected chi connectivity index (χ2v) is 8.33. The van der Waals surface area contributed by atoms with Gasteiger partial charge in [-0.1, -0.05) is 24.3 Å². The third-order valence-corrected chi connectivity index (χ3v) is 5.87. The molecule has 0 atom stereocenters. The lowest BCUT2D eigenvalue weighted by molar-refractivity contribution is -0.274. The van der Waals surface area contributed by atoms with Crippen LogP contribution in [0.25, 0.3) is 11.1 Å². The molecule has 0 unspecified atom stereocenters. The number of alkyl halides is 3. The van der Waals surface area contributed by atoms with E-state index in [1.54, 1.807) is 31.2 Å². The summed E-state index contributed by atoms with van der Waals surface area (Å²) in [4.78, 5) is 15.2. The molecule has 0 bridgehead atoms. The molecule has 0 saturated carbocycles. The van der Waals surface area contributed by atoms with E-state index in [4.69, 9.17) is 9.47 Å². The maximum atomic E-state index is 13.0. The Morgan fingerprint density at radius 3 is 2.31 bits per heavy atom. The van der Waals surface area contributed by atoms with Crippen molar-refractivity contribution >= 4 is 11.6 Å². The average Bonchev–Trinajstić information content (AvgIpc) is 2.85. The summed E-state index contributed by atoms with van der Waals surface area (Å²) < 4.78 is 52.3. The number of morpholine rings is 1. The normalized spacial score (nSPS) is 14.3. The van der Waals surface area contributed by atoms with Gasteiger partial charge in [-0.25, -0.2) is 0 Å². The Kier molecular flexibility index (Phi) is 8.12. The number of anilines is 1. The number of amides is 1. The first-order valence-corrected chi connectivity index (χ1v) is 11.6. The Bertz CT molecular complexity index is 1160. The minimum absolute atomic E-state index is 0.285. The molecule has 190 valence electrons. The van der Waals surface area contributed by atoms with E-state index >= 15 is 0 Å². The van der Waals surface area contributed by atoms with Crippen molar-refractivity contribution in [3.8, 4) is 22.6 Å². The van der Waals surface area contributed by atoms with Gasteiger partial charge in [0.05, 0.1) is 13.2 Å². The molecule has 1 aliphatic heterocycles. The molecule has 3 aromatic rings. The highest BCUT2D eigenvalue weighted by Crippen LogP contribution is 2.30. The van der Waals surface area contributed by atoms with Crippen molar-refractivity contribution in [2.24, 2.45) is 0 Å². The Hall–Kier alpha value is -3.56. The zero-order chi connectivity index (χ0) is 25.5. The molecule has 0 spiro atoms. The van der Waals surface area contributed by atoms with E-state index < -0.39 is 6.36 Å². The quantitative estimate of drug-likeness (QED) is 0.441. The Morgan fingerprint density at radius 2 is 1.64 bits per heavy atom. The second kappa shape index (κ2) is 11.5. The van der Waals surface area contributed by atoms with Crippen molar-refractivity contribution < 1.29 is 32.2 Å². The minimum atomic E-state index is -4.75. The van der Waals surface area contributed by atoms with Gasteiger partial charge >= 0.3 is 6.36 Å². The van der Waals surface area contributed by atoms with Crippen LogP contribution < -0.4 is 14.8 Å². The van der Waals surface area contributed by atoms with E-state index in [9.17, 15) is 18.0 Å². The molecule has 1 aliphatic rings. The van der Waals surface area contributed by atoms with Gasteiger partial charge in [-0.3, -0.25) is 9.69 Å². The van der Waals surface area contributed by atoms with E-state index in [0.717, 1.165) is 44.2 Å². The third kappa shape index (κ3) is 6.99. The highest BCUT2D eigenvalue weighted by Gasteiger charge is 2.31. The van der Waals surface area contributed by atoms with Crippen LogP contribution in [0.1, 0.15) is 15.9 Å². The van der Waals surface area contributed by atoms with E-state index in [1.807, 2.05) is 18.2 Å². The molecule has 36 heavy (non-hydrogen) atoms. The Balaban J connectivity index is 1.36. The van der Waals surface area contributed by atoms with Crippen LogP contribution in [0.2, 0.25) is 0 Å². The molecule has 1 fully saturated rings. The second-order valence-electron chi connectivity index (χ2n) is 8.33. The fourth-order valence-corrected chi connectivity index (χ4v) is 3.98. The predicted molar refractivity (Wildman–Crippen MR) is 130 cm³/mol. The van der Waals surface area contributed by atoms with Crippen molar-refractivity contribution in [3.63, 3.8) is 0 Å². The lowest BCUT2D eigenvalue weighted by atomic mass is 9.96. The summed E-state index contributed by atoms with van der Waals surface area (Å²) in [7, 11) is 0. The van der Waals surface area contributed by atoms with Crippen LogP contribution >= 0.6 is 0 Å². The number of hydrogen-bond donors (Lipinski definition) is 1. The summed E-state index contributed by atoms with van der Waals surface area (Å²) in [6, 6.07) is 18.0. The molecule has 1 saturated heterocycles. The van der Waals surface area contributed by atoms with Crippen molar-refractivity contribution in [2.45, 2.75) is 13.3 Å². The summed E-state index contributed by atoms with van der Waals surface area (Å²) in [5.41, 5.74) is 3.22. The van der Waals surface area contributed by atoms with Crippen LogP contribution in [0.15, 0.2) is 66.7 Å². The van der Waals surface area contributed by atoms with Gasteiger partial charge in [0.15, 0.2) is 0 Å². The van der Waals surface area contributed by atoms with Crippen LogP contribution in [-0.2, 0) is 4.74 Å². The van der Waals surface area contributed by atoms with Gasteiger partial charge < -0.3 is 19.5 Å². The lowest BCUT2D eigenvalue weighted by Gasteiger charge is -2.26. The molecule has 4 rings (SSSR count). The number of carbonyl (C=O) groups is 1. The smallest absolute Gasteiger partial charge is 0.492 e. The standard InChI is InChI=1S/C27H27F3N2O4/c1-19-24(20-5-9-23(10-6-20)36-27(28,29)30)3-2-4-25(19)26(33)31-21-7-11-22(12-8-21)35-18-15-32-13-16-34-17-14-32/h2-12H,13-18H2,1H3,(H,31,33). The van der Waals surface area contributed by atoms with Crippen molar-refractivity contribution in [1.82, 2.24) is 4.90 Å². The van der Waals surface area contributed by atoms with E-state index in [2.05, 4.69) is 15.0 Å². The molecule has 1 N–H and O–H groups in total.